The fraction of sp³-hybridized carbons (Fsp3) is 0.941. The molecule has 1 atom stereocenters. The number of ketones is 1. The zero-order valence-corrected chi connectivity index (χ0v) is 13.2. The van der Waals surface area contributed by atoms with E-state index >= 15 is 0 Å². The van der Waals surface area contributed by atoms with Crippen molar-refractivity contribution in [3.8, 4) is 0 Å². The van der Waals surface area contributed by atoms with Crippen molar-refractivity contribution in [1.29, 1.82) is 0 Å². The molecule has 2 rings (SSSR count). The van der Waals surface area contributed by atoms with Crippen molar-refractivity contribution in [1.82, 2.24) is 4.90 Å². The molecule has 1 aliphatic heterocycles. The second-order valence-electron chi connectivity index (χ2n) is 7.91. The lowest BCUT2D eigenvalue weighted by Gasteiger charge is -2.39. The van der Waals surface area contributed by atoms with Crippen molar-refractivity contribution in [3.05, 3.63) is 0 Å². The van der Waals surface area contributed by atoms with E-state index in [2.05, 4.69) is 32.6 Å². The molecule has 0 amide bonds. The van der Waals surface area contributed by atoms with Crippen molar-refractivity contribution in [2.45, 2.75) is 59.8 Å². The number of nitrogens with zero attached hydrogens (tertiary/aromatic N) is 1. The minimum absolute atomic E-state index is 0.305. The molecule has 2 fully saturated rings. The molecule has 2 nitrogen and oxygen atoms in total. The van der Waals surface area contributed by atoms with Crippen LogP contribution in [0.25, 0.3) is 0 Å². The summed E-state index contributed by atoms with van der Waals surface area (Å²) in [5.41, 5.74) is 0.370. The van der Waals surface area contributed by atoms with E-state index in [4.69, 9.17) is 0 Å². The van der Waals surface area contributed by atoms with Gasteiger partial charge in [0.25, 0.3) is 0 Å². The molecule has 1 unspecified atom stereocenters. The fourth-order valence-electron chi connectivity index (χ4n) is 3.83. The lowest BCUT2D eigenvalue weighted by Crippen LogP contribution is -2.42. The summed E-state index contributed by atoms with van der Waals surface area (Å²) in [6, 6.07) is 0. The molecule has 1 saturated carbocycles. The van der Waals surface area contributed by atoms with E-state index < -0.39 is 0 Å². The highest BCUT2D eigenvalue weighted by Crippen LogP contribution is 2.37. The van der Waals surface area contributed by atoms with Gasteiger partial charge in [0.15, 0.2) is 0 Å². The molecular weight excluding hydrogens is 234 g/mol. The summed E-state index contributed by atoms with van der Waals surface area (Å²) in [5, 5.41) is 0. The van der Waals surface area contributed by atoms with Crippen LogP contribution in [0.15, 0.2) is 0 Å². The Morgan fingerprint density at radius 3 is 2.47 bits per heavy atom. The molecule has 2 heteroatoms. The largest absolute Gasteiger partial charge is 0.303 e. The number of hydrogen-bond acceptors (Lipinski definition) is 2. The van der Waals surface area contributed by atoms with Crippen LogP contribution in [-0.2, 0) is 4.79 Å². The van der Waals surface area contributed by atoms with Crippen molar-refractivity contribution in [2.75, 3.05) is 19.6 Å². The van der Waals surface area contributed by atoms with Gasteiger partial charge in [0, 0.05) is 18.9 Å². The van der Waals surface area contributed by atoms with Gasteiger partial charge in [0.1, 0.15) is 5.78 Å². The van der Waals surface area contributed by atoms with Crippen molar-refractivity contribution >= 4 is 5.78 Å². The van der Waals surface area contributed by atoms with Crippen LogP contribution in [0, 0.1) is 23.2 Å². The topological polar surface area (TPSA) is 20.3 Å². The third-order valence-electron chi connectivity index (χ3n) is 5.36. The van der Waals surface area contributed by atoms with Gasteiger partial charge in [-0.2, -0.15) is 0 Å². The maximum atomic E-state index is 12.1. The van der Waals surface area contributed by atoms with Crippen LogP contribution >= 0.6 is 0 Å². The molecular formula is C17H31NO. The van der Waals surface area contributed by atoms with E-state index in [0.29, 0.717) is 17.1 Å². The first kappa shape index (κ1) is 15.0. The first-order valence-electron chi connectivity index (χ1n) is 8.12. The fourth-order valence-corrected chi connectivity index (χ4v) is 3.83. The zero-order valence-electron chi connectivity index (χ0n) is 13.2. The van der Waals surface area contributed by atoms with Gasteiger partial charge in [-0.3, -0.25) is 4.79 Å². The van der Waals surface area contributed by atoms with Crippen molar-refractivity contribution < 1.29 is 4.79 Å². The van der Waals surface area contributed by atoms with Crippen molar-refractivity contribution in [2.24, 2.45) is 23.2 Å². The van der Waals surface area contributed by atoms with E-state index in [0.717, 1.165) is 37.6 Å². The van der Waals surface area contributed by atoms with E-state index in [1.54, 1.807) is 0 Å². The third-order valence-corrected chi connectivity index (χ3v) is 5.36. The molecule has 0 bridgehead atoms. The molecule has 110 valence electrons. The van der Waals surface area contributed by atoms with Crippen molar-refractivity contribution in [3.63, 3.8) is 0 Å². The minimum Gasteiger partial charge on any atom is -0.303 e. The van der Waals surface area contributed by atoms with Crippen LogP contribution < -0.4 is 0 Å². The highest BCUT2D eigenvalue weighted by molar-refractivity contribution is 5.82. The van der Waals surface area contributed by atoms with E-state index in [9.17, 15) is 4.79 Å². The normalized spacial score (nSPS) is 29.9. The second kappa shape index (κ2) is 5.95. The first-order chi connectivity index (χ1) is 8.87. The molecule has 0 spiro atoms. The first-order valence-corrected chi connectivity index (χ1v) is 8.12. The number of likely N-dealkylation sites (tertiary alicyclic amines) is 1. The summed E-state index contributed by atoms with van der Waals surface area (Å²) in [7, 11) is 0. The Hall–Kier alpha value is -0.370. The maximum Gasteiger partial charge on any atom is 0.137 e. The van der Waals surface area contributed by atoms with Gasteiger partial charge in [-0.25, -0.2) is 0 Å². The number of piperidine rings is 1. The summed E-state index contributed by atoms with van der Waals surface area (Å²) in [6.07, 6.45) is 5.62. The summed E-state index contributed by atoms with van der Waals surface area (Å²) in [4.78, 5) is 14.6. The molecule has 1 heterocycles. The second-order valence-corrected chi connectivity index (χ2v) is 7.91. The number of Topliss-reactive ketones (excluding diaryl/α,β-unsaturated/α-hetero) is 1. The summed E-state index contributed by atoms with van der Waals surface area (Å²) < 4.78 is 0. The average Bonchev–Trinajstić information content (AvgIpc) is 2.34. The lowest BCUT2D eigenvalue weighted by molar-refractivity contribution is -0.128. The third kappa shape index (κ3) is 4.05. The molecule has 0 aromatic heterocycles. The van der Waals surface area contributed by atoms with Gasteiger partial charge >= 0.3 is 0 Å². The Kier molecular flexibility index (Phi) is 4.70. The molecule has 0 aromatic rings. The van der Waals surface area contributed by atoms with Crippen LogP contribution in [0.5, 0.6) is 0 Å². The van der Waals surface area contributed by atoms with Crippen LogP contribution in [0.4, 0.5) is 0 Å². The molecule has 19 heavy (non-hydrogen) atoms. The number of rotatable bonds is 3. The highest BCUT2D eigenvalue weighted by Gasteiger charge is 2.35. The van der Waals surface area contributed by atoms with Gasteiger partial charge in [-0.15, -0.1) is 0 Å². The SMILES string of the molecule is CC(C)C1CCN(CC2CC(C)(C)CCC2=O)CC1. The highest BCUT2D eigenvalue weighted by atomic mass is 16.1. The Labute approximate surface area is 118 Å². The Bertz CT molecular complexity index is 313. The molecule has 2 aliphatic rings. The summed E-state index contributed by atoms with van der Waals surface area (Å²) in [6.45, 7) is 12.7. The maximum absolute atomic E-state index is 12.1. The molecule has 0 aromatic carbocycles. The van der Waals surface area contributed by atoms with E-state index in [1.165, 1.54) is 25.9 Å². The zero-order chi connectivity index (χ0) is 14.0. The predicted octanol–water partition coefficient (Wildman–Crippen LogP) is 3.75. The quantitative estimate of drug-likeness (QED) is 0.774. The smallest absolute Gasteiger partial charge is 0.137 e. The van der Waals surface area contributed by atoms with Gasteiger partial charge < -0.3 is 4.90 Å². The Morgan fingerprint density at radius 2 is 1.89 bits per heavy atom. The molecule has 0 N–H and O–H groups in total. The monoisotopic (exact) mass is 265 g/mol. The summed E-state index contributed by atoms with van der Waals surface area (Å²) in [5.74, 6) is 2.54. The average molecular weight is 265 g/mol. The molecule has 0 radical (unpaired) electrons. The van der Waals surface area contributed by atoms with Gasteiger partial charge in [-0.05, 0) is 56.0 Å². The summed E-state index contributed by atoms with van der Waals surface area (Å²) >= 11 is 0. The number of carbonyl (C=O) groups is 1. The van der Waals surface area contributed by atoms with Crippen LogP contribution in [0.1, 0.15) is 59.8 Å². The van der Waals surface area contributed by atoms with Crippen LogP contribution in [0.2, 0.25) is 0 Å². The standard InChI is InChI=1S/C17H31NO/c1-13(2)14-6-9-18(10-7-14)12-15-11-17(3,4)8-5-16(15)19/h13-15H,5-12H2,1-4H3. The molecule has 1 saturated heterocycles. The minimum atomic E-state index is 0.305. The Balaban J connectivity index is 1.83. The number of carbonyl (C=O) groups excluding carboxylic acids is 1. The van der Waals surface area contributed by atoms with Gasteiger partial charge in [0.05, 0.1) is 0 Å². The number of hydrogen-bond donors (Lipinski definition) is 0. The van der Waals surface area contributed by atoms with Gasteiger partial charge in [0.2, 0.25) is 0 Å². The van der Waals surface area contributed by atoms with Crippen LogP contribution in [0.3, 0.4) is 0 Å². The van der Waals surface area contributed by atoms with Crippen LogP contribution in [-0.4, -0.2) is 30.3 Å². The lowest BCUT2D eigenvalue weighted by atomic mass is 9.71. The van der Waals surface area contributed by atoms with E-state index in [-0.39, 0.29) is 0 Å². The predicted molar refractivity (Wildman–Crippen MR) is 80.1 cm³/mol. The van der Waals surface area contributed by atoms with Gasteiger partial charge in [-0.1, -0.05) is 27.7 Å². The Morgan fingerprint density at radius 1 is 1.26 bits per heavy atom. The van der Waals surface area contributed by atoms with E-state index in [1.807, 2.05) is 0 Å². The molecule has 1 aliphatic carbocycles.